The van der Waals surface area contributed by atoms with Crippen molar-refractivity contribution in [2.75, 3.05) is 5.32 Å². The molecule has 2 aromatic carbocycles. The van der Waals surface area contributed by atoms with Crippen molar-refractivity contribution in [2.24, 2.45) is 0 Å². The maximum Gasteiger partial charge on any atom is 0.270 e. The van der Waals surface area contributed by atoms with Crippen molar-refractivity contribution in [3.8, 4) is 6.07 Å². The number of rotatable bonds is 5. The number of hydrogen-bond donors (Lipinski definition) is 2. The van der Waals surface area contributed by atoms with Crippen LogP contribution in [0, 0.1) is 11.3 Å². The molecule has 6 heteroatoms. The number of nitrogens with one attached hydrogen (secondary N) is 2. The van der Waals surface area contributed by atoms with Gasteiger partial charge in [0.2, 0.25) is 0 Å². The molecule has 0 saturated carbocycles. The Morgan fingerprint density at radius 3 is 2.41 bits per heavy atom. The van der Waals surface area contributed by atoms with Crippen molar-refractivity contribution >= 4 is 17.5 Å². The van der Waals surface area contributed by atoms with E-state index in [1.165, 1.54) is 18.3 Å². The van der Waals surface area contributed by atoms with Gasteiger partial charge in [0, 0.05) is 24.0 Å². The maximum atomic E-state index is 12.4. The normalized spacial score (nSPS) is 9.89. The molecular formula is C21H16N4O2. The highest BCUT2D eigenvalue weighted by molar-refractivity contribution is 6.05. The second-order valence-electron chi connectivity index (χ2n) is 5.74. The number of anilines is 1. The Labute approximate surface area is 156 Å². The quantitative estimate of drug-likeness (QED) is 0.734. The molecule has 0 aliphatic heterocycles. The topological polar surface area (TPSA) is 94.9 Å². The number of hydrogen-bond acceptors (Lipinski definition) is 4. The summed E-state index contributed by atoms with van der Waals surface area (Å²) in [5, 5.41) is 14.3. The van der Waals surface area contributed by atoms with Crippen LogP contribution in [-0.4, -0.2) is 16.8 Å². The third-order valence-corrected chi connectivity index (χ3v) is 3.82. The smallest absolute Gasteiger partial charge is 0.270 e. The van der Waals surface area contributed by atoms with E-state index in [0.717, 1.165) is 5.56 Å². The lowest BCUT2D eigenvalue weighted by atomic mass is 10.2. The molecule has 3 rings (SSSR count). The van der Waals surface area contributed by atoms with Gasteiger partial charge >= 0.3 is 0 Å². The van der Waals surface area contributed by atoms with Gasteiger partial charge in [-0.1, -0.05) is 30.3 Å². The summed E-state index contributed by atoms with van der Waals surface area (Å²) in [6.45, 7) is 0.378. The molecule has 0 unspecified atom stereocenters. The minimum Gasteiger partial charge on any atom is -0.347 e. The Morgan fingerprint density at radius 1 is 0.963 bits per heavy atom. The van der Waals surface area contributed by atoms with Crippen LogP contribution < -0.4 is 10.6 Å². The predicted octanol–water partition coefficient (Wildman–Crippen LogP) is 3.14. The first-order valence-corrected chi connectivity index (χ1v) is 8.25. The Hall–Kier alpha value is -3.98. The third kappa shape index (κ3) is 4.77. The summed E-state index contributed by atoms with van der Waals surface area (Å²) in [5.41, 5.74) is 2.53. The molecule has 2 amide bonds. The molecule has 6 nitrogen and oxygen atoms in total. The van der Waals surface area contributed by atoms with E-state index in [0.29, 0.717) is 23.4 Å². The molecule has 0 atom stereocenters. The van der Waals surface area contributed by atoms with Crippen molar-refractivity contribution in [3.05, 3.63) is 95.3 Å². The highest BCUT2D eigenvalue weighted by Gasteiger charge is 2.12. The van der Waals surface area contributed by atoms with Crippen molar-refractivity contribution in [2.45, 2.75) is 6.54 Å². The Balaban J connectivity index is 1.65. The first-order chi connectivity index (χ1) is 13.2. The maximum absolute atomic E-state index is 12.4. The summed E-state index contributed by atoms with van der Waals surface area (Å²) in [7, 11) is 0. The molecule has 3 aromatic rings. The molecular weight excluding hydrogens is 340 g/mol. The van der Waals surface area contributed by atoms with Crippen LogP contribution in [0.5, 0.6) is 0 Å². The fourth-order valence-electron chi connectivity index (χ4n) is 2.40. The van der Waals surface area contributed by atoms with Crippen molar-refractivity contribution < 1.29 is 9.59 Å². The molecule has 132 valence electrons. The number of aromatic nitrogens is 1. The predicted molar refractivity (Wildman–Crippen MR) is 101 cm³/mol. The van der Waals surface area contributed by atoms with Gasteiger partial charge in [0.15, 0.2) is 0 Å². The van der Waals surface area contributed by atoms with Gasteiger partial charge in [0.05, 0.1) is 11.6 Å². The van der Waals surface area contributed by atoms with E-state index in [4.69, 9.17) is 5.26 Å². The van der Waals surface area contributed by atoms with Gasteiger partial charge in [-0.25, -0.2) is 0 Å². The number of carbonyl (C=O) groups is 2. The summed E-state index contributed by atoms with van der Waals surface area (Å²) < 4.78 is 0. The number of nitriles is 1. The van der Waals surface area contributed by atoms with E-state index in [1.54, 1.807) is 24.3 Å². The monoisotopic (exact) mass is 356 g/mol. The zero-order valence-electron chi connectivity index (χ0n) is 14.3. The summed E-state index contributed by atoms with van der Waals surface area (Å²) in [5.74, 6) is -0.717. The lowest BCUT2D eigenvalue weighted by molar-refractivity contribution is 0.0946. The first-order valence-electron chi connectivity index (χ1n) is 8.25. The first kappa shape index (κ1) is 17.8. The number of benzene rings is 2. The second-order valence-corrected chi connectivity index (χ2v) is 5.74. The van der Waals surface area contributed by atoms with Crippen molar-refractivity contribution in [3.63, 3.8) is 0 Å². The van der Waals surface area contributed by atoms with Crippen molar-refractivity contribution in [1.29, 1.82) is 5.26 Å². The molecule has 0 fully saturated rings. The van der Waals surface area contributed by atoms with Gasteiger partial charge in [-0.2, -0.15) is 5.26 Å². The zero-order valence-corrected chi connectivity index (χ0v) is 14.3. The SMILES string of the molecule is N#Cc1ccc(NC(=O)c2ccnc(C(=O)NCc3ccccc3)c2)cc1. The summed E-state index contributed by atoms with van der Waals surface area (Å²) in [6.07, 6.45) is 1.42. The van der Waals surface area contributed by atoms with Crippen LogP contribution in [0.3, 0.4) is 0 Å². The Kier molecular flexibility index (Phi) is 5.55. The fourth-order valence-corrected chi connectivity index (χ4v) is 2.40. The highest BCUT2D eigenvalue weighted by atomic mass is 16.2. The lowest BCUT2D eigenvalue weighted by Gasteiger charge is -2.08. The largest absolute Gasteiger partial charge is 0.347 e. The van der Waals surface area contributed by atoms with E-state index < -0.39 is 0 Å². The van der Waals surface area contributed by atoms with Crippen LogP contribution in [0.1, 0.15) is 32.0 Å². The van der Waals surface area contributed by atoms with Crippen LogP contribution >= 0.6 is 0 Å². The van der Waals surface area contributed by atoms with Crippen LogP contribution in [0.2, 0.25) is 0 Å². The Morgan fingerprint density at radius 2 is 1.70 bits per heavy atom. The zero-order chi connectivity index (χ0) is 19.1. The van der Waals surface area contributed by atoms with Gasteiger partial charge in [0.25, 0.3) is 11.8 Å². The summed E-state index contributed by atoms with van der Waals surface area (Å²) >= 11 is 0. The van der Waals surface area contributed by atoms with Gasteiger partial charge in [0.1, 0.15) is 5.69 Å². The minimum atomic E-state index is -0.362. The number of pyridine rings is 1. The number of nitrogens with zero attached hydrogens (tertiary/aromatic N) is 2. The average Bonchev–Trinajstić information content (AvgIpc) is 2.73. The van der Waals surface area contributed by atoms with Crippen LogP contribution in [-0.2, 0) is 6.54 Å². The van der Waals surface area contributed by atoms with Crippen LogP contribution in [0.15, 0.2) is 72.9 Å². The van der Waals surface area contributed by atoms with E-state index in [-0.39, 0.29) is 17.5 Å². The van der Waals surface area contributed by atoms with Crippen LogP contribution in [0.25, 0.3) is 0 Å². The summed E-state index contributed by atoms with van der Waals surface area (Å²) in [6, 6.07) is 21.0. The lowest BCUT2D eigenvalue weighted by Crippen LogP contribution is -2.24. The summed E-state index contributed by atoms with van der Waals surface area (Å²) in [4.78, 5) is 28.7. The van der Waals surface area contributed by atoms with E-state index in [1.807, 2.05) is 36.4 Å². The molecule has 1 aromatic heterocycles. The van der Waals surface area contributed by atoms with Gasteiger partial charge < -0.3 is 10.6 Å². The minimum absolute atomic E-state index is 0.165. The fraction of sp³-hybridized carbons (Fsp3) is 0.0476. The third-order valence-electron chi connectivity index (χ3n) is 3.82. The second kappa shape index (κ2) is 8.41. The number of amides is 2. The van der Waals surface area contributed by atoms with Gasteiger partial charge in [-0.15, -0.1) is 0 Å². The highest BCUT2D eigenvalue weighted by Crippen LogP contribution is 2.11. The van der Waals surface area contributed by atoms with Crippen molar-refractivity contribution in [1.82, 2.24) is 10.3 Å². The van der Waals surface area contributed by atoms with E-state index in [9.17, 15) is 9.59 Å². The molecule has 2 N–H and O–H groups in total. The molecule has 0 spiro atoms. The standard InChI is InChI=1S/C21H16N4O2/c22-13-15-6-8-18(9-7-15)25-20(26)17-10-11-23-19(12-17)21(27)24-14-16-4-2-1-3-5-16/h1-12H,14H2,(H,24,27)(H,25,26). The van der Waals surface area contributed by atoms with Gasteiger partial charge in [-0.05, 0) is 42.0 Å². The Bertz CT molecular complexity index is 993. The molecule has 27 heavy (non-hydrogen) atoms. The number of carbonyl (C=O) groups excluding carboxylic acids is 2. The van der Waals surface area contributed by atoms with Gasteiger partial charge in [-0.3, -0.25) is 14.6 Å². The molecule has 0 radical (unpaired) electrons. The molecule has 0 saturated heterocycles. The molecule has 1 heterocycles. The molecule has 0 aliphatic carbocycles. The van der Waals surface area contributed by atoms with E-state index >= 15 is 0 Å². The van der Waals surface area contributed by atoms with Crippen LogP contribution in [0.4, 0.5) is 5.69 Å². The van der Waals surface area contributed by atoms with E-state index in [2.05, 4.69) is 15.6 Å². The average molecular weight is 356 g/mol. The molecule has 0 aliphatic rings. The molecule has 0 bridgehead atoms.